The Bertz CT molecular complexity index is 343. The number of benzene rings is 1. The summed E-state index contributed by atoms with van der Waals surface area (Å²) < 4.78 is 0. The van der Waals surface area contributed by atoms with Crippen LogP contribution in [0.2, 0.25) is 0 Å². The molecule has 0 saturated carbocycles. The maximum atomic E-state index is 2.35. The SMILES string of the molecule is CCc1c(C)cc(SC)c(CC)c1SC. The normalized spacial score (nSPS) is 10.7. The molecule has 0 aliphatic carbocycles. The van der Waals surface area contributed by atoms with Crippen LogP contribution in [0.25, 0.3) is 0 Å². The van der Waals surface area contributed by atoms with Gasteiger partial charge in [-0.3, -0.25) is 0 Å². The van der Waals surface area contributed by atoms with E-state index in [4.69, 9.17) is 0 Å². The Morgan fingerprint density at radius 2 is 1.60 bits per heavy atom. The fraction of sp³-hybridized carbons (Fsp3) is 0.538. The van der Waals surface area contributed by atoms with Crippen LogP contribution >= 0.6 is 23.5 Å². The largest absolute Gasteiger partial charge is 0.129 e. The second-order valence-corrected chi connectivity index (χ2v) is 5.26. The third-order valence-electron chi connectivity index (χ3n) is 2.80. The highest BCUT2D eigenvalue weighted by molar-refractivity contribution is 7.99. The summed E-state index contributed by atoms with van der Waals surface area (Å²) in [5.74, 6) is 0. The van der Waals surface area contributed by atoms with Gasteiger partial charge in [0, 0.05) is 9.79 Å². The maximum absolute atomic E-state index is 2.35. The van der Waals surface area contributed by atoms with Gasteiger partial charge in [0.2, 0.25) is 0 Å². The van der Waals surface area contributed by atoms with Gasteiger partial charge in [-0.25, -0.2) is 0 Å². The smallest absolute Gasteiger partial charge is 0.0147 e. The van der Waals surface area contributed by atoms with Crippen LogP contribution in [-0.2, 0) is 12.8 Å². The molecule has 1 aromatic carbocycles. The molecule has 0 amide bonds. The number of hydrogen-bond acceptors (Lipinski definition) is 2. The lowest BCUT2D eigenvalue weighted by Gasteiger charge is -2.17. The molecule has 0 aliphatic rings. The van der Waals surface area contributed by atoms with Crippen molar-refractivity contribution in [1.82, 2.24) is 0 Å². The van der Waals surface area contributed by atoms with Crippen molar-refractivity contribution in [2.45, 2.75) is 43.4 Å². The van der Waals surface area contributed by atoms with Crippen LogP contribution in [0.15, 0.2) is 15.9 Å². The zero-order valence-electron chi connectivity index (χ0n) is 10.3. The Balaban J connectivity index is 3.44. The fourth-order valence-electron chi connectivity index (χ4n) is 2.05. The summed E-state index contributed by atoms with van der Waals surface area (Å²) in [4.78, 5) is 2.97. The highest BCUT2D eigenvalue weighted by Gasteiger charge is 2.12. The van der Waals surface area contributed by atoms with Crippen molar-refractivity contribution in [3.05, 3.63) is 22.8 Å². The molecule has 84 valence electrons. The maximum Gasteiger partial charge on any atom is 0.0147 e. The van der Waals surface area contributed by atoms with E-state index in [0.717, 1.165) is 12.8 Å². The average molecular weight is 240 g/mol. The monoisotopic (exact) mass is 240 g/mol. The first-order valence-electron chi connectivity index (χ1n) is 5.42. The quantitative estimate of drug-likeness (QED) is 0.707. The molecule has 0 atom stereocenters. The van der Waals surface area contributed by atoms with E-state index in [1.165, 1.54) is 26.5 Å². The van der Waals surface area contributed by atoms with Crippen molar-refractivity contribution in [2.75, 3.05) is 12.5 Å². The van der Waals surface area contributed by atoms with Crippen LogP contribution in [0.5, 0.6) is 0 Å². The Labute approximate surface area is 102 Å². The van der Waals surface area contributed by atoms with Gasteiger partial charge < -0.3 is 0 Å². The lowest BCUT2D eigenvalue weighted by molar-refractivity contribution is 0.952. The molecule has 1 aromatic rings. The van der Waals surface area contributed by atoms with Crippen LogP contribution in [0.1, 0.15) is 30.5 Å². The molecule has 1 rings (SSSR count). The van der Waals surface area contributed by atoms with Gasteiger partial charge in [-0.05, 0) is 55.0 Å². The van der Waals surface area contributed by atoms with E-state index in [-0.39, 0.29) is 0 Å². The second-order valence-electron chi connectivity index (χ2n) is 3.59. The molecule has 0 aliphatic heterocycles. The Hall–Kier alpha value is -0.0800. The minimum Gasteiger partial charge on any atom is -0.129 e. The number of rotatable bonds is 4. The van der Waals surface area contributed by atoms with Gasteiger partial charge in [0.25, 0.3) is 0 Å². The summed E-state index contributed by atoms with van der Waals surface area (Å²) in [6, 6.07) is 2.35. The van der Waals surface area contributed by atoms with E-state index < -0.39 is 0 Å². The van der Waals surface area contributed by atoms with Crippen molar-refractivity contribution >= 4 is 23.5 Å². The van der Waals surface area contributed by atoms with Crippen molar-refractivity contribution < 1.29 is 0 Å². The van der Waals surface area contributed by atoms with Crippen molar-refractivity contribution in [2.24, 2.45) is 0 Å². The molecule has 0 radical (unpaired) electrons. The predicted molar refractivity (Wildman–Crippen MR) is 73.5 cm³/mol. The molecule has 0 saturated heterocycles. The standard InChI is InChI=1S/C13H20S2/c1-6-10-9(3)8-12(14-4)11(7-2)13(10)15-5/h8H,6-7H2,1-5H3. The first-order valence-corrected chi connectivity index (χ1v) is 7.87. The zero-order valence-corrected chi connectivity index (χ0v) is 11.9. The third-order valence-corrected chi connectivity index (χ3v) is 4.51. The Morgan fingerprint density at radius 1 is 1.00 bits per heavy atom. The van der Waals surface area contributed by atoms with E-state index in [1.54, 1.807) is 0 Å². The molecule has 0 heterocycles. The van der Waals surface area contributed by atoms with Gasteiger partial charge in [0.05, 0.1) is 0 Å². The molecule has 0 aromatic heterocycles. The van der Waals surface area contributed by atoms with E-state index in [1.807, 2.05) is 23.5 Å². The molecular weight excluding hydrogens is 220 g/mol. The highest BCUT2D eigenvalue weighted by atomic mass is 32.2. The van der Waals surface area contributed by atoms with Crippen LogP contribution in [0, 0.1) is 6.92 Å². The van der Waals surface area contributed by atoms with Crippen molar-refractivity contribution in [1.29, 1.82) is 0 Å². The van der Waals surface area contributed by atoms with Gasteiger partial charge >= 0.3 is 0 Å². The highest BCUT2D eigenvalue weighted by Crippen LogP contribution is 2.35. The molecule has 0 fully saturated rings. The van der Waals surface area contributed by atoms with Crippen molar-refractivity contribution in [3.8, 4) is 0 Å². The van der Waals surface area contributed by atoms with Gasteiger partial charge in [0.1, 0.15) is 0 Å². The van der Waals surface area contributed by atoms with Crippen LogP contribution in [-0.4, -0.2) is 12.5 Å². The number of hydrogen-bond donors (Lipinski definition) is 0. The van der Waals surface area contributed by atoms with Gasteiger partial charge in [-0.15, -0.1) is 23.5 Å². The molecule has 15 heavy (non-hydrogen) atoms. The van der Waals surface area contributed by atoms with Gasteiger partial charge in [-0.1, -0.05) is 13.8 Å². The summed E-state index contributed by atoms with van der Waals surface area (Å²) in [5.41, 5.74) is 4.53. The van der Waals surface area contributed by atoms with Crippen molar-refractivity contribution in [3.63, 3.8) is 0 Å². The lowest BCUT2D eigenvalue weighted by atomic mass is 10.0. The topological polar surface area (TPSA) is 0 Å². The van der Waals surface area contributed by atoms with E-state index >= 15 is 0 Å². The minimum absolute atomic E-state index is 1.14. The lowest BCUT2D eigenvalue weighted by Crippen LogP contribution is -1.98. The predicted octanol–water partition coefficient (Wildman–Crippen LogP) is 4.56. The van der Waals surface area contributed by atoms with E-state index in [2.05, 4.69) is 39.3 Å². The Morgan fingerprint density at radius 3 is 2.00 bits per heavy atom. The zero-order chi connectivity index (χ0) is 11.4. The van der Waals surface area contributed by atoms with E-state index in [9.17, 15) is 0 Å². The molecule has 2 heteroatoms. The minimum atomic E-state index is 1.14. The summed E-state index contributed by atoms with van der Waals surface area (Å²) >= 11 is 3.77. The molecule has 0 N–H and O–H groups in total. The number of thioether (sulfide) groups is 2. The van der Waals surface area contributed by atoms with Crippen LogP contribution in [0.4, 0.5) is 0 Å². The van der Waals surface area contributed by atoms with Crippen LogP contribution in [0.3, 0.4) is 0 Å². The van der Waals surface area contributed by atoms with Crippen LogP contribution < -0.4 is 0 Å². The first kappa shape index (κ1) is 13.0. The fourth-order valence-corrected chi connectivity index (χ4v) is 3.95. The van der Waals surface area contributed by atoms with Gasteiger partial charge in [0.15, 0.2) is 0 Å². The number of aryl methyl sites for hydroxylation is 1. The molecule has 0 unspecified atom stereocenters. The first-order chi connectivity index (χ1) is 7.19. The summed E-state index contributed by atoms with van der Waals surface area (Å²) in [6.07, 6.45) is 6.64. The molecule has 0 nitrogen and oxygen atoms in total. The molecule has 0 bridgehead atoms. The average Bonchev–Trinajstić information content (AvgIpc) is 2.27. The molecule has 0 spiro atoms. The second kappa shape index (κ2) is 5.86. The summed E-state index contributed by atoms with van der Waals surface area (Å²) in [6.45, 7) is 6.74. The summed E-state index contributed by atoms with van der Waals surface area (Å²) in [7, 11) is 0. The van der Waals surface area contributed by atoms with E-state index in [0.29, 0.717) is 0 Å². The Kier molecular flexibility index (Phi) is 5.07. The third kappa shape index (κ3) is 2.54. The molecular formula is C13H20S2. The van der Waals surface area contributed by atoms with Gasteiger partial charge in [-0.2, -0.15) is 0 Å². The summed E-state index contributed by atoms with van der Waals surface area (Å²) in [5, 5.41) is 0.